The molecule has 0 atom stereocenters. The molecule has 0 saturated heterocycles. The molecule has 1 amide bonds. The van der Waals surface area contributed by atoms with Crippen molar-refractivity contribution in [2.45, 2.75) is 26.3 Å². The van der Waals surface area contributed by atoms with Gasteiger partial charge in [-0.15, -0.1) is 0 Å². The summed E-state index contributed by atoms with van der Waals surface area (Å²) in [6.07, 6.45) is -2.68. The van der Waals surface area contributed by atoms with Crippen molar-refractivity contribution in [3.8, 4) is 0 Å². The van der Waals surface area contributed by atoms with E-state index in [1.807, 2.05) is 13.0 Å². The quantitative estimate of drug-likeness (QED) is 0.921. The fourth-order valence-corrected chi connectivity index (χ4v) is 1.80. The summed E-state index contributed by atoms with van der Waals surface area (Å²) in [6, 6.07) is 5.32. The molecule has 2 rings (SSSR count). The van der Waals surface area contributed by atoms with E-state index in [4.69, 9.17) is 11.6 Å². The maximum atomic E-state index is 12.3. The molecule has 0 aliphatic carbocycles. The SMILES string of the molecule is Cc1ccc(CC(=O)NCc2nc(C(F)F)no2)cc1Cl. The zero-order valence-electron chi connectivity index (χ0n) is 11.1. The lowest BCUT2D eigenvalue weighted by Crippen LogP contribution is -2.24. The highest BCUT2D eigenvalue weighted by molar-refractivity contribution is 6.31. The van der Waals surface area contributed by atoms with Crippen LogP contribution in [0.2, 0.25) is 5.02 Å². The largest absolute Gasteiger partial charge is 0.347 e. The smallest absolute Gasteiger partial charge is 0.300 e. The van der Waals surface area contributed by atoms with Crippen molar-refractivity contribution in [2.24, 2.45) is 0 Å². The second-order valence-corrected chi connectivity index (χ2v) is 4.79. The van der Waals surface area contributed by atoms with Crippen molar-refractivity contribution in [2.75, 3.05) is 0 Å². The van der Waals surface area contributed by atoms with E-state index in [1.165, 1.54) is 0 Å². The zero-order valence-corrected chi connectivity index (χ0v) is 11.8. The molecular weight excluding hydrogens is 304 g/mol. The molecule has 0 bridgehead atoms. The van der Waals surface area contributed by atoms with Gasteiger partial charge in [-0.3, -0.25) is 4.79 Å². The number of benzene rings is 1. The predicted octanol–water partition coefficient (Wildman–Crippen LogP) is 2.83. The lowest BCUT2D eigenvalue weighted by atomic mass is 10.1. The van der Waals surface area contributed by atoms with Crippen LogP contribution in [0.25, 0.3) is 0 Å². The number of aryl methyl sites for hydroxylation is 1. The first-order valence-electron chi connectivity index (χ1n) is 6.08. The maximum absolute atomic E-state index is 12.3. The Morgan fingerprint density at radius 2 is 2.24 bits per heavy atom. The van der Waals surface area contributed by atoms with Crippen molar-refractivity contribution in [3.05, 3.63) is 46.1 Å². The molecule has 0 aliphatic rings. The number of aromatic nitrogens is 2. The Bertz CT molecular complexity index is 646. The van der Waals surface area contributed by atoms with E-state index >= 15 is 0 Å². The van der Waals surface area contributed by atoms with Crippen LogP contribution in [0.1, 0.15) is 29.3 Å². The highest BCUT2D eigenvalue weighted by Crippen LogP contribution is 2.17. The van der Waals surface area contributed by atoms with Crippen molar-refractivity contribution in [1.82, 2.24) is 15.5 Å². The van der Waals surface area contributed by atoms with Gasteiger partial charge in [-0.25, -0.2) is 8.78 Å². The molecule has 112 valence electrons. The van der Waals surface area contributed by atoms with E-state index in [-0.39, 0.29) is 24.8 Å². The number of nitrogens with zero attached hydrogens (tertiary/aromatic N) is 2. The minimum atomic E-state index is -2.80. The number of halogens is 3. The van der Waals surface area contributed by atoms with Crippen LogP contribution in [0.3, 0.4) is 0 Å². The Labute approximate surface area is 124 Å². The van der Waals surface area contributed by atoms with Gasteiger partial charge in [0.2, 0.25) is 17.6 Å². The summed E-state index contributed by atoms with van der Waals surface area (Å²) in [5, 5.41) is 6.19. The summed E-state index contributed by atoms with van der Waals surface area (Å²) >= 11 is 5.97. The van der Waals surface area contributed by atoms with E-state index in [1.54, 1.807) is 12.1 Å². The molecule has 0 unspecified atom stereocenters. The van der Waals surface area contributed by atoms with Crippen molar-refractivity contribution in [3.63, 3.8) is 0 Å². The zero-order chi connectivity index (χ0) is 15.4. The monoisotopic (exact) mass is 315 g/mol. The van der Waals surface area contributed by atoms with Crippen LogP contribution in [0, 0.1) is 6.92 Å². The summed E-state index contributed by atoms with van der Waals surface area (Å²) < 4.78 is 29.1. The van der Waals surface area contributed by atoms with Crippen LogP contribution >= 0.6 is 11.6 Å². The third kappa shape index (κ3) is 4.22. The Hall–Kier alpha value is -2.02. The number of hydrogen-bond acceptors (Lipinski definition) is 4. The van der Waals surface area contributed by atoms with Gasteiger partial charge in [0.1, 0.15) is 0 Å². The highest BCUT2D eigenvalue weighted by atomic mass is 35.5. The van der Waals surface area contributed by atoms with Gasteiger partial charge in [0, 0.05) is 5.02 Å². The minimum absolute atomic E-state index is 0.0689. The van der Waals surface area contributed by atoms with Gasteiger partial charge < -0.3 is 9.84 Å². The average Bonchev–Trinajstić information content (AvgIpc) is 2.90. The van der Waals surface area contributed by atoms with Gasteiger partial charge in [0.25, 0.3) is 0 Å². The van der Waals surface area contributed by atoms with Crippen LogP contribution in [0.5, 0.6) is 0 Å². The number of carbonyl (C=O) groups is 1. The maximum Gasteiger partial charge on any atom is 0.300 e. The number of nitrogens with one attached hydrogen (secondary N) is 1. The third-order valence-corrected chi connectivity index (χ3v) is 3.12. The molecule has 1 aromatic carbocycles. The summed E-state index contributed by atoms with van der Waals surface area (Å²) in [7, 11) is 0. The molecular formula is C13H12ClF2N3O2. The molecule has 0 fully saturated rings. The lowest BCUT2D eigenvalue weighted by molar-refractivity contribution is -0.120. The van der Waals surface area contributed by atoms with Crippen molar-refractivity contribution >= 4 is 17.5 Å². The van der Waals surface area contributed by atoms with Gasteiger partial charge in [0.15, 0.2) is 0 Å². The van der Waals surface area contributed by atoms with E-state index in [0.29, 0.717) is 5.02 Å². The van der Waals surface area contributed by atoms with E-state index < -0.39 is 12.2 Å². The fraction of sp³-hybridized carbons (Fsp3) is 0.308. The van der Waals surface area contributed by atoms with Gasteiger partial charge in [-0.1, -0.05) is 28.9 Å². The number of hydrogen-bond donors (Lipinski definition) is 1. The first-order chi connectivity index (χ1) is 9.95. The Morgan fingerprint density at radius 1 is 1.48 bits per heavy atom. The number of alkyl halides is 2. The number of carbonyl (C=O) groups excluding carboxylic acids is 1. The molecule has 0 aliphatic heterocycles. The highest BCUT2D eigenvalue weighted by Gasteiger charge is 2.16. The van der Waals surface area contributed by atoms with Crippen LogP contribution in [-0.4, -0.2) is 16.0 Å². The van der Waals surface area contributed by atoms with Crippen LogP contribution in [0.4, 0.5) is 8.78 Å². The molecule has 1 aromatic heterocycles. The van der Waals surface area contributed by atoms with Crippen LogP contribution in [-0.2, 0) is 17.8 Å². The Kier molecular flexibility index (Phi) is 4.85. The second kappa shape index (κ2) is 6.62. The van der Waals surface area contributed by atoms with E-state index in [2.05, 4.69) is 20.0 Å². The van der Waals surface area contributed by atoms with Crippen LogP contribution < -0.4 is 5.32 Å². The standard InChI is InChI=1S/C13H12ClF2N3O2/c1-7-2-3-8(4-9(7)14)5-10(20)17-6-11-18-13(12(15)16)19-21-11/h2-4,12H,5-6H2,1H3,(H,17,20). The van der Waals surface area contributed by atoms with E-state index in [9.17, 15) is 13.6 Å². The first kappa shape index (κ1) is 15.4. The molecule has 5 nitrogen and oxygen atoms in total. The molecule has 8 heteroatoms. The van der Waals surface area contributed by atoms with Gasteiger partial charge >= 0.3 is 6.43 Å². The van der Waals surface area contributed by atoms with Gasteiger partial charge in [-0.05, 0) is 24.1 Å². The van der Waals surface area contributed by atoms with Gasteiger partial charge in [-0.2, -0.15) is 4.98 Å². The molecule has 1 heterocycles. The Balaban J connectivity index is 1.88. The lowest BCUT2D eigenvalue weighted by Gasteiger charge is -2.04. The molecule has 2 aromatic rings. The number of amides is 1. The summed E-state index contributed by atoms with van der Waals surface area (Å²) in [6.45, 7) is 1.76. The molecule has 1 N–H and O–H groups in total. The fourth-order valence-electron chi connectivity index (χ4n) is 1.60. The van der Waals surface area contributed by atoms with E-state index in [0.717, 1.165) is 11.1 Å². The molecule has 21 heavy (non-hydrogen) atoms. The summed E-state index contributed by atoms with van der Waals surface area (Å²) in [4.78, 5) is 15.2. The second-order valence-electron chi connectivity index (χ2n) is 4.38. The summed E-state index contributed by atoms with van der Waals surface area (Å²) in [5.41, 5.74) is 1.67. The molecule has 0 saturated carbocycles. The summed E-state index contributed by atoms with van der Waals surface area (Å²) in [5.74, 6) is -1.06. The van der Waals surface area contributed by atoms with Crippen molar-refractivity contribution < 1.29 is 18.1 Å². The molecule has 0 radical (unpaired) electrons. The van der Waals surface area contributed by atoms with Crippen LogP contribution in [0.15, 0.2) is 22.7 Å². The Morgan fingerprint density at radius 3 is 2.86 bits per heavy atom. The number of rotatable bonds is 5. The first-order valence-corrected chi connectivity index (χ1v) is 6.46. The topological polar surface area (TPSA) is 68.0 Å². The average molecular weight is 316 g/mol. The normalized spacial score (nSPS) is 10.9. The van der Waals surface area contributed by atoms with Crippen molar-refractivity contribution in [1.29, 1.82) is 0 Å². The molecule has 0 spiro atoms. The van der Waals surface area contributed by atoms with Gasteiger partial charge in [0.05, 0.1) is 13.0 Å². The third-order valence-electron chi connectivity index (χ3n) is 2.72. The minimum Gasteiger partial charge on any atom is -0.347 e. The predicted molar refractivity (Wildman–Crippen MR) is 71.0 cm³/mol.